The Kier molecular flexibility index (Phi) is 5.62. The van der Waals surface area contributed by atoms with Gasteiger partial charge in [-0.25, -0.2) is 0 Å². The molecular weight excluding hydrogens is 653 g/mol. The van der Waals surface area contributed by atoms with Crippen LogP contribution in [-0.2, 0) is 0 Å². The number of rotatable bonds is 3. The van der Waals surface area contributed by atoms with E-state index in [1.807, 2.05) is 23.6 Å². The molecule has 12 aromatic rings. The number of para-hydroxylation sites is 4. The molecule has 0 saturated heterocycles. The van der Waals surface area contributed by atoms with Crippen LogP contribution in [0.25, 0.3) is 103 Å². The predicted molar refractivity (Wildman–Crippen MR) is 220 cm³/mol. The molecule has 0 N–H and O–H groups in total. The van der Waals surface area contributed by atoms with Gasteiger partial charge in [0.05, 0.1) is 38.6 Å². The van der Waals surface area contributed by atoms with Crippen LogP contribution >= 0.6 is 11.3 Å². The molecule has 0 saturated carbocycles. The van der Waals surface area contributed by atoms with Gasteiger partial charge in [-0.2, -0.15) is 0 Å². The van der Waals surface area contributed by atoms with Gasteiger partial charge in [-0.1, -0.05) is 78.9 Å². The van der Waals surface area contributed by atoms with Crippen LogP contribution in [0.15, 0.2) is 170 Å². The number of pyridine rings is 1. The van der Waals surface area contributed by atoms with Crippen molar-refractivity contribution in [2.75, 3.05) is 0 Å². The van der Waals surface area contributed by atoms with Gasteiger partial charge < -0.3 is 13.7 Å². The number of benzene rings is 7. The molecule has 0 radical (unpaired) electrons. The summed E-state index contributed by atoms with van der Waals surface area (Å²) in [7, 11) is 0. The normalized spacial score (nSPS) is 12.2. The highest BCUT2D eigenvalue weighted by Gasteiger charge is 2.20. The molecule has 0 spiro atoms. The second-order valence-corrected chi connectivity index (χ2v) is 14.6. The third-order valence-electron chi connectivity index (χ3n) is 10.9. The van der Waals surface area contributed by atoms with Crippen LogP contribution in [0.1, 0.15) is 0 Å². The van der Waals surface area contributed by atoms with E-state index in [1.54, 1.807) is 0 Å². The van der Waals surface area contributed by atoms with Crippen LogP contribution in [0.2, 0.25) is 0 Å². The maximum Gasteiger partial charge on any atom is 0.0964 e. The van der Waals surface area contributed by atoms with Gasteiger partial charge in [-0.05, 0) is 84.9 Å². The van der Waals surface area contributed by atoms with E-state index >= 15 is 0 Å². The first-order valence-corrected chi connectivity index (χ1v) is 18.5. The topological polar surface area (TPSA) is 27.7 Å². The highest BCUT2D eigenvalue weighted by atomic mass is 32.1. The van der Waals surface area contributed by atoms with Crippen molar-refractivity contribution in [1.29, 1.82) is 0 Å². The second-order valence-electron chi connectivity index (χ2n) is 13.6. The lowest BCUT2D eigenvalue weighted by Gasteiger charge is -2.10. The first kappa shape index (κ1) is 28.1. The Hall–Kier alpha value is -6.69. The van der Waals surface area contributed by atoms with Crippen molar-refractivity contribution in [2.45, 2.75) is 0 Å². The highest BCUT2D eigenvalue weighted by Crippen LogP contribution is 2.45. The molecule has 0 amide bonds. The Morgan fingerprint density at radius 2 is 0.923 bits per heavy atom. The summed E-state index contributed by atoms with van der Waals surface area (Å²) in [5.41, 5.74) is 11.6. The fraction of sp³-hybridized carbons (Fsp3) is 0. The average Bonchev–Trinajstić information content (AvgIpc) is 3.94. The summed E-state index contributed by atoms with van der Waals surface area (Å²) >= 11 is 1.90. The van der Waals surface area contributed by atoms with Crippen LogP contribution < -0.4 is 0 Å². The van der Waals surface area contributed by atoms with Crippen molar-refractivity contribution < 1.29 is 0 Å². The standard InChI is InChI=1S/C47H28N4S/c1-2-11-29(12-3-1)49-41-23-20-30(28-37(41)46-43(49)19-10-26-48-46)51-40-18-9-6-15-35(40)45-42(51)24-22-34-36-27-31(21-25-44(36)52-47(34)45)50-38-16-7-4-13-32(38)33-14-5-8-17-39(33)50/h1-28H. The Morgan fingerprint density at radius 1 is 0.365 bits per heavy atom. The van der Waals surface area contributed by atoms with Crippen molar-refractivity contribution in [2.24, 2.45) is 0 Å². The lowest BCUT2D eigenvalue weighted by atomic mass is 10.1. The molecule has 0 unspecified atom stereocenters. The molecule has 242 valence electrons. The van der Waals surface area contributed by atoms with Crippen molar-refractivity contribution >= 4 is 97.1 Å². The van der Waals surface area contributed by atoms with E-state index in [-0.39, 0.29) is 0 Å². The van der Waals surface area contributed by atoms with Gasteiger partial charge in [0.1, 0.15) is 0 Å². The third kappa shape index (κ3) is 3.72. The number of nitrogens with zero attached hydrogens (tertiary/aromatic N) is 4. The summed E-state index contributed by atoms with van der Waals surface area (Å²) in [5, 5.41) is 8.86. The maximum absolute atomic E-state index is 4.90. The zero-order valence-corrected chi connectivity index (χ0v) is 28.7. The van der Waals surface area contributed by atoms with Crippen LogP contribution in [-0.4, -0.2) is 18.7 Å². The van der Waals surface area contributed by atoms with E-state index in [0.29, 0.717) is 0 Å². The van der Waals surface area contributed by atoms with E-state index in [1.165, 1.54) is 69.5 Å². The lowest BCUT2D eigenvalue weighted by molar-refractivity contribution is 1.16. The number of fused-ring (bicyclic) bond motifs is 13. The summed E-state index contributed by atoms with van der Waals surface area (Å²) in [6.07, 6.45) is 1.90. The quantitative estimate of drug-likeness (QED) is 0.182. The van der Waals surface area contributed by atoms with E-state index in [9.17, 15) is 0 Å². The molecule has 0 bridgehead atoms. The van der Waals surface area contributed by atoms with Crippen molar-refractivity contribution in [3.63, 3.8) is 0 Å². The minimum absolute atomic E-state index is 1.01. The first-order chi connectivity index (χ1) is 25.8. The summed E-state index contributed by atoms with van der Waals surface area (Å²) in [6, 6.07) is 59.6. The molecule has 12 rings (SSSR count). The molecule has 0 aliphatic carbocycles. The van der Waals surface area contributed by atoms with Crippen LogP contribution in [0, 0.1) is 0 Å². The summed E-state index contributed by atoms with van der Waals surface area (Å²) < 4.78 is 9.79. The van der Waals surface area contributed by atoms with Crippen molar-refractivity contribution in [3.8, 4) is 17.1 Å². The number of hydrogen-bond donors (Lipinski definition) is 0. The molecule has 0 aliphatic rings. The van der Waals surface area contributed by atoms with Gasteiger partial charge in [0.25, 0.3) is 0 Å². The molecule has 0 atom stereocenters. The fourth-order valence-electron chi connectivity index (χ4n) is 8.71. The zero-order valence-electron chi connectivity index (χ0n) is 27.9. The number of aromatic nitrogens is 4. The molecule has 4 nitrogen and oxygen atoms in total. The minimum atomic E-state index is 1.01. The fourth-order valence-corrected chi connectivity index (χ4v) is 9.95. The average molecular weight is 681 g/mol. The SMILES string of the molecule is c1ccc(-n2c3ccc(-n4c5ccccc5c5c6sc7ccc(-n8c9ccccc9c9ccccc98)cc7c6ccc54)cc3c3ncccc32)cc1. The van der Waals surface area contributed by atoms with E-state index in [0.717, 1.165) is 33.3 Å². The zero-order chi connectivity index (χ0) is 33.9. The second kappa shape index (κ2) is 10.4. The Morgan fingerprint density at radius 3 is 1.69 bits per heavy atom. The molecule has 52 heavy (non-hydrogen) atoms. The lowest BCUT2D eigenvalue weighted by Crippen LogP contribution is -1.95. The van der Waals surface area contributed by atoms with Gasteiger partial charge in [-0.15, -0.1) is 11.3 Å². The molecule has 7 aromatic carbocycles. The Labute approximate surface area is 301 Å². The van der Waals surface area contributed by atoms with Gasteiger partial charge in [0.2, 0.25) is 0 Å². The number of thiophene rings is 1. The molecule has 5 aromatic heterocycles. The van der Waals surface area contributed by atoms with Gasteiger partial charge >= 0.3 is 0 Å². The van der Waals surface area contributed by atoms with Crippen LogP contribution in [0.5, 0.6) is 0 Å². The minimum Gasteiger partial charge on any atom is -0.309 e. The van der Waals surface area contributed by atoms with Gasteiger partial charge in [0, 0.05) is 70.4 Å². The highest BCUT2D eigenvalue weighted by molar-refractivity contribution is 7.26. The predicted octanol–water partition coefficient (Wildman–Crippen LogP) is 12.7. The monoisotopic (exact) mass is 680 g/mol. The van der Waals surface area contributed by atoms with Crippen LogP contribution in [0.3, 0.4) is 0 Å². The largest absolute Gasteiger partial charge is 0.309 e. The van der Waals surface area contributed by atoms with Gasteiger partial charge in [0.15, 0.2) is 0 Å². The molecule has 5 heterocycles. The Bertz CT molecular complexity index is 3360. The van der Waals surface area contributed by atoms with Gasteiger partial charge in [-0.3, -0.25) is 4.98 Å². The molecule has 0 aliphatic heterocycles. The summed E-state index contributed by atoms with van der Waals surface area (Å²) in [6.45, 7) is 0. The van der Waals surface area contributed by atoms with Crippen molar-refractivity contribution in [3.05, 3.63) is 170 Å². The van der Waals surface area contributed by atoms with Crippen molar-refractivity contribution in [1.82, 2.24) is 18.7 Å². The maximum atomic E-state index is 4.90. The van der Waals surface area contributed by atoms with E-state index in [4.69, 9.17) is 4.98 Å². The summed E-state index contributed by atoms with van der Waals surface area (Å²) in [5.74, 6) is 0. The Balaban J connectivity index is 1.10. The summed E-state index contributed by atoms with van der Waals surface area (Å²) in [4.78, 5) is 4.90. The molecule has 5 heteroatoms. The smallest absolute Gasteiger partial charge is 0.0964 e. The van der Waals surface area contributed by atoms with E-state index in [2.05, 4.69) is 171 Å². The number of hydrogen-bond acceptors (Lipinski definition) is 2. The first-order valence-electron chi connectivity index (χ1n) is 17.6. The molecular formula is C47H28N4S. The molecule has 0 fully saturated rings. The third-order valence-corrected chi connectivity index (χ3v) is 12.1. The van der Waals surface area contributed by atoms with Crippen LogP contribution in [0.4, 0.5) is 0 Å². The van der Waals surface area contributed by atoms with E-state index < -0.39 is 0 Å².